The molecule has 2 aromatic carbocycles. The number of carbonyl (C=O) groups excluding carboxylic acids is 3. The summed E-state index contributed by atoms with van der Waals surface area (Å²) in [6.45, 7) is 0.749. The molecule has 186 valence electrons. The number of pyridine rings is 1. The number of fused-ring (bicyclic) bond motifs is 3. The van der Waals surface area contributed by atoms with E-state index in [1.54, 1.807) is 46.5 Å². The van der Waals surface area contributed by atoms with Crippen LogP contribution in [0.25, 0.3) is 10.9 Å². The van der Waals surface area contributed by atoms with E-state index in [2.05, 4.69) is 36.4 Å². The Morgan fingerprint density at radius 1 is 1.08 bits per heavy atom. The Morgan fingerprint density at radius 3 is 2.70 bits per heavy atom. The summed E-state index contributed by atoms with van der Waals surface area (Å²) in [5.41, 5.74) is 2.28. The van der Waals surface area contributed by atoms with E-state index in [0.29, 0.717) is 37.3 Å². The van der Waals surface area contributed by atoms with Gasteiger partial charge in [0.05, 0.1) is 17.1 Å². The van der Waals surface area contributed by atoms with E-state index in [1.807, 2.05) is 30.3 Å². The first-order valence-electron chi connectivity index (χ1n) is 12.0. The molecule has 4 heterocycles. The van der Waals surface area contributed by atoms with Crippen molar-refractivity contribution in [2.24, 2.45) is 0 Å². The molecule has 3 amide bonds. The number of aromatic nitrogens is 3. The summed E-state index contributed by atoms with van der Waals surface area (Å²) in [7, 11) is 0. The number of likely N-dealkylation sites (tertiary alicyclic amines) is 1. The number of amides is 3. The number of hydrogen-bond donors (Lipinski definition) is 2. The monoisotopic (exact) mass is 558 g/mol. The highest BCUT2D eigenvalue weighted by Gasteiger charge is 2.53. The Hall–Kier alpha value is -4.05. The first-order chi connectivity index (χ1) is 18.0. The molecule has 1 saturated heterocycles. The van der Waals surface area contributed by atoms with Crippen molar-refractivity contribution in [1.82, 2.24) is 20.1 Å². The molecule has 0 saturated carbocycles. The smallest absolute Gasteiger partial charge is 0.253 e. The summed E-state index contributed by atoms with van der Waals surface area (Å²) < 4.78 is 0.830. The number of nitrogens with zero attached hydrogens (tertiary/aromatic N) is 4. The first-order valence-corrected chi connectivity index (χ1v) is 12.8. The van der Waals surface area contributed by atoms with E-state index in [0.717, 1.165) is 26.6 Å². The summed E-state index contributed by atoms with van der Waals surface area (Å²) >= 11 is 3.65. The van der Waals surface area contributed by atoms with Crippen LogP contribution in [0.5, 0.6) is 0 Å². The van der Waals surface area contributed by atoms with Gasteiger partial charge in [-0.05, 0) is 55.3 Å². The van der Waals surface area contributed by atoms with E-state index in [9.17, 15) is 14.4 Å². The lowest BCUT2D eigenvalue weighted by Crippen LogP contribution is -2.51. The van der Waals surface area contributed by atoms with Gasteiger partial charge in [-0.25, -0.2) is 4.98 Å². The third-order valence-electron chi connectivity index (χ3n) is 7.24. The minimum atomic E-state index is -0.800. The SMILES string of the molecule is O=C(CN1C(=O)C2(CCN(C(=O)c3ccc4[nH]ncc4c3)CC2)c2c(Br)cccc21)Nc1ccccn1. The number of aromatic amines is 1. The maximum atomic E-state index is 13.9. The molecule has 9 nitrogen and oxygen atoms in total. The predicted octanol–water partition coefficient (Wildman–Crippen LogP) is 3.88. The number of piperidine rings is 1. The Kier molecular flexibility index (Phi) is 5.75. The van der Waals surface area contributed by atoms with E-state index < -0.39 is 5.41 Å². The molecular formula is C27H23BrN6O3. The lowest BCUT2D eigenvalue weighted by Gasteiger charge is -2.38. The highest BCUT2D eigenvalue weighted by molar-refractivity contribution is 9.10. The molecule has 0 atom stereocenters. The van der Waals surface area contributed by atoms with Gasteiger partial charge in [0, 0.05) is 46.0 Å². The molecule has 37 heavy (non-hydrogen) atoms. The van der Waals surface area contributed by atoms with Crippen molar-refractivity contribution in [3.63, 3.8) is 0 Å². The lowest BCUT2D eigenvalue weighted by atomic mass is 9.73. The van der Waals surface area contributed by atoms with E-state index in [4.69, 9.17) is 0 Å². The maximum Gasteiger partial charge on any atom is 0.253 e. The topological polar surface area (TPSA) is 111 Å². The molecule has 0 bridgehead atoms. The summed E-state index contributed by atoms with van der Waals surface area (Å²) in [5, 5.41) is 10.6. The summed E-state index contributed by atoms with van der Waals surface area (Å²) in [4.78, 5) is 47.5. The lowest BCUT2D eigenvalue weighted by molar-refractivity contribution is -0.126. The van der Waals surface area contributed by atoms with Crippen LogP contribution in [0.3, 0.4) is 0 Å². The number of anilines is 2. The standard InChI is InChI=1S/C27H23BrN6O3/c28-19-4-3-5-21-24(19)27(26(37)34(21)16-23(35)31-22-6-1-2-11-29-22)9-12-33(13-10-27)25(36)17-7-8-20-18(14-17)15-30-32-20/h1-8,11,14-15H,9-10,12-13,16H2,(H,30,32)(H,29,31,35). The number of nitrogens with one attached hydrogen (secondary N) is 2. The Labute approximate surface area is 221 Å². The Morgan fingerprint density at radius 2 is 1.92 bits per heavy atom. The first kappa shape index (κ1) is 23.4. The van der Waals surface area contributed by atoms with Crippen molar-refractivity contribution in [2.45, 2.75) is 18.3 Å². The van der Waals surface area contributed by atoms with Gasteiger partial charge >= 0.3 is 0 Å². The van der Waals surface area contributed by atoms with Crippen LogP contribution in [0.15, 0.2) is 71.5 Å². The Bertz CT molecular complexity index is 1530. The molecule has 1 fully saturated rings. The van der Waals surface area contributed by atoms with Crippen molar-refractivity contribution in [3.8, 4) is 0 Å². The van der Waals surface area contributed by atoms with Crippen LogP contribution in [0.2, 0.25) is 0 Å². The van der Waals surface area contributed by atoms with Crippen LogP contribution in [0, 0.1) is 0 Å². The van der Waals surface area contributed by atoms with Crippen molar-refractivity contribution in [3.05, 3.63) is 82.6 Å². The van der Waals surface area contributed by atoms with Gasteiger partial charge in [0.1, 0.15) is 12.4 Å². The van der Waals surface area contributed by atoms with Gasteiger partial charge in [0.25, 0.3) is 5.91 Å². The number of halogens is 1. The Balaban J connectivity index is 1.23. The van der Waals surface area contributed by atoms with E-state index >= 15 is 0 Å². The number of rotatable bonds is 4. The molecule has 0 unspecified atom stereocenters. The summed E-state index contributed by atoms with van der Waals surface area (Å²) in [5.74, 6) is -0.0686. The minimum absolute atomic E-state index is 0.0673. The zero-order valence-electron chi connectivity index (χ0n) is 19.8. The second-order valence-electron chi connectivity index (χ2n) is 9.33. The van der Waals surface area contributed by atoms with Crippen molar-refractivity contribution >= 4 is 56.1 Å². The molecule has 0 radical (unpaired) electrons. The largest absolute Gasteiger partial charge is 0.339 e. The molecule has 2 N–H and O–H groups in total. The van der Waals surface area contributed by atoms with E-state index in [-0.39, 0.29) is 24.3 Å². The maximum absolute atomic E-state index is 13.9. The molecule has 6 rings (SSSR count). The second-order valence-corrected chi connectivity index (χ2v) is 10.2. The van der Waals surface area contributed by atoms with Gasteiger partial charge in [0.2, 0.25) is 11.8 Å². The van der Waals surface area contributed by atoms with Crippen LogP contribution in [0.4, 0.5) is 11.5 Å². The zero-order valence-corrected chi connectivity index (χ0v) is 21.4. The van der Waals surface area contributed by atoms with Crippen molar-refractivity contribution in [2.75, 3.05) is 29.9 Å². The summed E-state index contributed by atoms with van der Waals surface area (Å²) in [6.07, 6.45) is 4.24. The van der Waals surface area contributed by atoms with Gasteiger partial charge in [-0.3, -0.25) is 19.5 Å². The van der Waals surface area contributed by atoms with Crippen molar-refractivity contribution < 1.29 is 14.4 Å². The van der Waals surface area contributed by atoms with E-state index in [1.165, 1.54) is 0 Å². The average molecular weight is 559 g/mol. The number of benzene rings is 2. The van der Waals surface area contributed by atoms with Crippen LogP contribution < -0.4 is 10.2 Å². The van der Waals surface area contributed by atoms with Crippen LogP contribution in [0.1, 0.15) is 28.8 Å². The van der Waals surface area contributed by atoms with Gasteiger partial charge in [-0.1, -0.05) is 28.1 Å². The molecule has 4 aromatic rings. The molecule has 10 heteroatoms. The third-order valence-corrected chi connectivity index (χ3v) is 7.90. The molecule has 2 aliphatic heterocycles. The number of carbonyl (C=O) groups is 3. The molecule has 1 spiro atoms. The fraction of sp³-hybridized carbons (Fsp3) is 0.222. The third kappa shape index (κ3) is 3.97. The average Bonchev–Trinajstić information content (AvgIpc) is 3.47. The number of hydrogen-bond acceptors (Lipinski definition) is 5. The summed E-state index contributed by atoms with van der Waals surface area (Å²) in [6, 6.07) is 16.4. The fourth-order valence-corrected chi connectivity index (χ4v) is 6.15. The quantitative estimate of drug-likeness (QED) is 0.395. The van der Waals surface area contributed by atoms with Crippen LogP contribution in [-0.2, 0) is 15.0 Å². The second kappa shape index (κ2) is 9.11. The molecule has 2 aliphatic rings. The van der Waals surface area contributed by atoms with Crippen LogP contribution in [-0.4, -0.2) is 57.4 Å². The van der Waals surface area contributed by atoms with Crippen LogP contribution >= 0.6 is 15.9 Å². The predicted molar refractivity (Wildman–Crippen MR) is 142 cm³/mol. The highest BCUT2D eigenvalue weighted by Crippen LogP contribution is 2.51. The number of H-pyrrole nitrogens is 1. The van der Waals surface area contributed by atoms with Crippen molar-refractivity contribution in [1.29, 1.82) is 0 Å². The van der Waals surface area contributed by atoms with Gasteiger partial charge < -0.3 is 15.1 Å². The van der Waals surface area contributed by atoms with Gasteiger partial charge in [-0.15, -0.1) is 0 Å². The highest BCUT2D eigenvalue weighted by atomic mass is 79.9. The molecular weight excluding hydrogens is 536 g/mol. The minimum Gasteiger partial charge on any atom is -0.339 e. The zero-order chi connectivity index (χ0) is 25.6. The fourth-order valence-electron chi connectivity index (χ4n) is 5.42. The van der Waals surface area contributed by atoms with Gasteiger partial charge in [0.15, 0.2) is 0 Å². The van der Waals surface area contributed by atoms with Gasteiger partial charge in [-0.2, -0.15) is 5.10 Å². The molecule has 2 aromatic heterocycles. The molecule has 0 aliphatic carbocycles. The normalized spacial score (nSPS) is 16.3.